The number of unbranched alkanes of at least 4 members (excludes halogenated alkanes) is 1. The van der Waals surface area contributed by atoms with Crippen LogP contribution in [0.1, 0.15) is 31.7 Å². The molecule has 1 aliphatic rings. The molecule has 0 unspecified atom stereocenters. The third kappa shape index (κ3) is 2.92. The van der Waals surface area contributed by atoms with Crippen molar-refractivity contribution in [3.05, 3.63) is 35.9 Å². The number of benzene rings is 1. The molecule has 0 aliphatic carbocycles. The van der Waals surface area contributed by atoms with Gasteiger partial charge in [-0.2, -0.15) is 0 Å². The van der Waals surface area contributed by atoms with Crippen LogP contribution in [0.4, 0.5) is 5.69 Å². The molecule has 96 valence electrons. The second-order valence-electron chi connectivity index (χ2n) is 4.70. The number of aliphatic carboxylic acids is 1. The van der Waals surface area contributed by atoms with Crippen LogP contribution in [0.5, 0.6) is 0 Å². The van der Waals surface area contributed by atoms with Gasteiger partial charge in [0.25, 0.3) is 0 Å². The minimum Gasteiger partial charge on any atom is -0.481 e. The van der Waals surface area contributed by atoms with Crippen molar-refractivity contribution < 1.29 is 9.90 Å². The largest absolute Gasteiger partial charge is 0.481 e. The Kier molecular flexibility index (Phi) is 4.03. The molecule has 1 heterocycles. The predicted octanol–water partition coefficient (Wildman–Crippen LogP) is 3.16. The third-order valence-corrected chi connectivity index (χ3v) is 3.36. The highest BCUT2D eigenvalue weighted by molar-refractivity contribution is 5.79. The van der Waals surface area contributed by atoms with E-state index in [0.29, 0.717) is 0 Å². The van der Waals surface area contributed by atoms with Gasteiger partial charge in [0.05, 0.1) is 0 Å². The Morgan fingerprint density at radius 1 is 1.33 bits per heavy atom. The molecule has 0 saturated carbocycles. The third-order valence-electron chi connectivity index (χ3n) is 3.36. The van der Waals surface area contributed by atoms with Crippen LogP contribution in [-0.4, -0.2) is 24.2 Å². The van der Waals surface area contributed by atoms with Gasteiger partial charge in [0.1, 0.15) is 0 Å². The molecular weight excluding hydrogens is 226 g/mol. The summed E-state index contributed by atoms with van der Waals surface area (Å²) in [6, 6.07) is 8.40. The Labute approximate surface area is 108 Å². The summed E-state index contributed by atoms with van der Waals surface area (Å²) in [5.74, 6) is -0.704. The van der Waals surface area contributed by atoms with Crippen LogP contribution in [0.3, 0.4) is 0 Å². The topological polar surface area (TPSA) is 40.5 Å². The van der Waals surface area contributed by atoms with Crippen molar-refractivity contribution in [3.63, 3.8) is 0 Å². The number of rotatable bonds is 5. The van der Waals surface area contributed by atoms with E-state index in [9.17, 15) is 4.79 Å². The van der Waals surface area contributed by atoms with Crippen molar-refractivity contribution in [3.8, 4) is 0 Å². The van der Waals surface area contributed by atoms with E-state index in [1.54, 1.807) is 0 Å². The van der Waals surface area contributed by atoms with E-state index in [0.717, 1.165) is 25.9 Å². The number of carbonyl (C=O) groups is 1. The highest BCUT2D eigenvalue weighted by atomic mass is 16.4. The lowest BCUT2D eigenvalue weighted by atomic mass is 10.0. The first kappa shape index (κ1) is 12.7. The van der Waals surface area contributed by atoms with Gasteiger partial charge in [-0.25, -0.2) is 0 Å². The first-order valence-electron chi connectivity index (χ1n) is 6.41. The fourth-order valence-electron chi connectivity index (χ4n) is 2.33. The van der Waals surface area contributed by atoms with E-state index in [-0.39, 0.29) is 6.42 Å². The lowest BCUT2D eigenvalue weighted by Crippen LogP contribution is -2.28. The molecular formula is C15H19NO2. The molecule has 1 aromatic rings. The van der Waals surface area contributed by atoms with E-state index in [2.05, 4.69) is 42.2 Å². The van der Waals surface area contributed by atoms with Gasteiger partial charge in [-0.3, -0.25) is 4.79 Å². The Morgan fingerprint density at radius 2 is 2.11 bits per heavy atom. The number of anilines is 1. The average Bonchev–Trinajstić information content (AvgIpc) is 2.37. The Bertz CT molecular complexity index is 465. The molecule has 3 nitrogen and oxygen atoms in total. The molecule has 0 aromatic heterocycles. The number of nitrogens with zero attached hydrogens (tertiary/aromatic N) is 1. The molecule has 18 heavy (non-hydrogen) atoms. The van der Waals surface area contributed by atoms with Gasteiger partial charge in [0.15, 0.2) is 0 Å². The average molecular weight is 245 g/mol. The van der Waals surface area contributed by atoms with Gasteiger partial charge in [-0.05, 0) is 31.4 Å². The molecule has 0 bridgehead atoms. The van der Waals surface area contributed by atoms with E-state index in [1.165, 1.54) is 16.8 Å². The number of allylic oxidation sites excluding steroid dienone is 1. The summed E-state index contributed by atoms with van der Waals surface area (Å²) in [5, 5.41) is 8.62. The Balaban J connectivity index is 1.97. The first-order chi connectivity index (χ1) is 8.68. The molecule has 3 heteroatoms. The highest BCUT2D eigenvalue weighted by Gasteiger charge is 2.15. The summed E-state index contributed by atoms with van der Waals surface area (Å²) in [5.41, 5.74) is 3.89. The molecule has 0 spiro atoms. The summed E-state index contributed by atoms with van der Waals surface area (Å²) in [6.45, 7) is 3.99. The van der Waals surface area contributed by atoms with Crippen molar-refractivity contribution in [2.75, 3.05) is 18.0 Å². The minimum atomic E-state index is -0.704. The van der Waals surface area contributed by atoms with Gasteiger partial charge < -0.3 is 10.0 Å². The van der Waals surface area contributed by atoms with Crippen LogP contribution in [-0.2, 0) is 4.79 Å². The van der Waals surface area contributed by atoms with E-state index >= 15 is 0 Å². The molecule has 0 fully saturated rings. The number of para-hydroxylation sites is 1. The zero-order chi connectivity index (χ0) is 13.0. The molecule has 0 atom stereocenters. The normalized spacial score (nSPS) is 14.1. The van der Waals surface area contributed by atoms with Gasteiger partial charge >= 0.3 is 5.97 Å². The maximum absolute atomic E-state index is 10.5. The fourth-order valence-corrected chi connectivity index (χ4v) is 2.33. The summed E-state index contributed by atoms with van der Waals surface area (Å²) in [4.78, 5) is 12.8. The van der Waals surface area contributed by atoms with Crippen LogP contribution >= 0.6 is 0 Å². The summed E-state index contributed by atoms with van der Waals surface area (Å²) >= 11 is 0. The number of carboxylic acids is 1. The maximum atomic E-state index is 10.5. The monoisotopic (exact) mass is 245 g/mol. The smallest absolute Gasteiger partial charge is 0.303 e. The molecule has 0 amide bonds. The Hall–Kier alpha value is -1.77. The Morgan fingerprint density at radius 3 is 2.89 bits per heavy atom. The van der Waals surface area contributed by atoms with Crippen LogP contribution in [0, 0.1) is 0 Å². The summed E-state index contributed by atoms with van der Waals surface area (Å²) in [7, 11) is 0. The quantitative estimate of drug-likeness (QED) is 0.810. The van der Waals surface area contributed by atoms with E-state index in [1.807, 2.05) is 0 Å². The standard InChI is InChI=1S/C15H19NO2/c1-12-9-11-16(10-5-4-8-15(17)18)14-7-3-2-6-13(12)14/h2-3,6-7,9H,4-5,8,10-11H2,1H3,(H,17,18). The SMILES string of the molecule is CC1=CCN(CCCCC(=O)O)c2ccccc21. The highest BCUT2D eigenvalue weighted by Crippen LogP contribution is 2.30. The van der Waals surface area contributed by atoms with Crippen LogP contribution in [0.2, 0.25) is 0 Å². The van der Waals surface area contributed by atoms with Crippen molar-refractivity contribution in [1.29, 1.82) is 0 Å². The lowest BCUT2D eigenvalue weighted by Gasteiger charge is -2.30. The van der Waals surface area contributed by atoms with Crippen molar-refractivity contribution >= 4 is 17.2 Å². The zero-order valence-electron chi connectivity index (χ0n) is 10.7. The second kappa shape index (κ2) is 5.71. The maximum Gasteiger partial charge on any atom is 0.303 e. The molecule has 1 aliphatic heterocycles. The van der Waals surface area contributed by atoms with Crippen molar-refractivity contribution in [1.82, 2.24) is 0 Å². The van der Waals surface area contributed by atoms with Gasteiger partial charge in [0.2, 0.25) is 0 Å². The van der Waals surface area contributed by atoms with Crippen LogP contribution in [0.25, 0.3) is 5.57 Å². The molecule has 1 N–H and O–H groups in total. The molecule has 0 radical (unpaired) electrons. The number of carboxylic acid groups (broad SMARTS) is 1. The zero-order valence-corrected chi connectivity index (χ0v) is 10.7. The van der Waals surface area contributed by atoms with E-state index in [4.69, 9.17) is 5.11 Å². The minimum absolute atomic E-state index is 0.268. The summed E-state index contributed by atoms with van der Waals surface area (Å²) < 4.78 is 0. The van der Waals surface area contributed by atoms with Gasteiger partial charge in [0, 0.05) is 30.8 Å². The number of hydrogen-bond acceptors (Lipinski definition) is 2. The fraction of sp³-hybridized carbons (Fsp3) is 0.400. The van der Waals surface area contributed by atoms with Crippen LogP contribution < -0.4 is 4.90 Å². The lowest BCUT2D eigenvalue weighted by molar-refractivity contribution is -0.137. The molecule has 2 rings (SSSR count). The predicted molar refractivity (Wildman–Crippen MR) is 73.8 cm³/mol. The second-order valence-corrected chi connectivity index (χ2v) is 4.70. The first-order valence-corrected chi connectivity index (χ1v) is 6.41. The van der Waals surface area contributed by atoms with Gasteiger partial charge in [-0.1, -0.05) is 24.3 Å². The summed E-state index contributed by atoms with van der Waals surface area (Å²) in [6.07, 6.45) is 4.17. The van der Waals surface area contributed by atoms with Crippen molar-refractivity contribution in [2.24, 2.45) is 0 Å². The van der Waals surface area contributed by atoms with Crippen LogP contribution in [0.15, 0.2) is 30.3 Å². The molecule has 1 aromatic carbocycles. The molecule has 0 saturated heterocycles. The van der Waals surface area contributed by atoms with Gasteiger partial charge in [-0.15, -0.1) is 0 Å². The number of hydrogen-bond donors (Lipinski definition) is 1. The van der Waals surface area contributed by atoms with Crippen molar-refractivity contribution in [2.45, 2.75) is 26.2 Å². The van der Waals surface area contributed by atoms with E-state index < -0.39 is 5.97 Å². The number of fused-ring (bicyclic) bond motifs is 1.